The average Bonchev–Trinajstić information content (AvgIpc) is 3.77. The Balaban J connectivity index is 1.47. The first kappa shape index (κ1) is 29.9. The number of benzene rings is 3. The first-order chi connectivity index (χ1) is 21.9. The fourth-order valence-electron chi connectivity index (χ4n) is 8.70. The van der Waals surface area contributed by atoms with Crippen molar-refractivity contribution in [2.24, 2.45) is 18.9 Å². The second kappa shape index (κ2) is 11.9. The van der Waals surface area contributed by atoms with E-state index < -0.39 is 0 Å². The molecular formula is C41H46N3S+. The summed E-state index contributed by atoms with van der Waals surface area (Å²) in [6, 6.07) is 28.1. The van der Waals surface area contributed by atoms with Crippen molar-refractivity contribution in [1.29, 1.82) is 0 Å². The van der Waals surface area contributed by atoms with Crippen molar-refractivity contribution in [1.82, 2.24) is 9.55 Å². The predicted molar refractivity (Wildman–Crippen MR) is 191 cm³/mol. The van der Waals surface area contributed by atoms with E-state index in [4.69, 9.17) is 4.98 Å². The number of nitrogens with zero attached hydrogens (tertiary/aromatic N) is 3. The molecule has 0 saturated carbocycles. The van der Waals surface area contributed by atoms with E-state index in [1.807, 2.05) is 17.5 Å². The van der Waals surface area contributed by atoms with E-state index in [0.717, 1.165) is 25.1 Å². The molecule has 4 atom stereocenters. The zero-order valence-electron chi connectivity index (χ0n) is 27.7. The van der Waals surface area contributed by atoms with Crippen molar-refractivity contribution in [3.63, 3.8) is 0 Å². The molecule has 6 aromatic rings. The topological polar surface area (TPSA) is 21.7 Å². The van der Waals surface area contributed by atoms with Gasteiger partial charge >= 0.3 is 0 Å². The van der Waals surface area contributed by atoms with Gasteiger partial charge < -0.3 is 4.57 Å². The molecule has 0 amide bonds. The molecule has 0 fully saturated rings. The smallest absolute Gasteiger partial charge is 0.215 e. The summed E-state index contributed by atoms with van der Waals surface area (Å²) < 4.78 is 7.59. The Labute approximate surface area is 272 Å². The highest BCUT2D eigenvalue weighted by Gasteiger charge is 2.52. The van der Waals surface area contributed by atoms with Gasteiger partial charge in [0.2, 0.25) is 5.69 Å². The van der Waals surface area contributed by atoms with Gasteiger partial charge in [0.05, 0.1) is 5.56 Å². The molecule has 3 nitrogen and oxygen atoms in total. The summed E-state index contributed by atoms with van der Waals surface area (Å²) in [4.78, 5) is 4.94. The van der Waals surface area contributed by atoms with Crippen LogP contribution in [0.2, 0.25) is 0 Å². The minimum atomic E-state index is -0.0686. The summed E-state index contributed by atoms with van der Waals surface area (Å²) in [7, 11) is 2.14. The summed E-state index contributed by atoms with van der Waals surface area (Å²) in [5, 5.41) is 2.74. The normalized spacial score (nSPS) is 16.9. The number of rotatable bonds is 10. The van der Waals surface area contributed by atoms with Crippen LogP contribution in [-0.2, 0) is 18.9 Å². The van der Waals surface area contributed by atoms with Crippen molar-refractivity contribution in [3.05, 3.63) is 108 Å². The zero-order chi connectivity index (χ0) is 31.3. The van der Waals surface area contributed by atoms with Gasteiger partial charge in [-0.1, -0.05) is 89.9 Å². The Hall–Kier alpha value is -3.76. The van der Waals surface area contributed by atoms with Crippen molar-refractivity contribution >= 4 is 31.5 Å². The third-order valence-corrected chi connectivity index (χ3v) is 12.4. The fourth-order valence-corrected chi connectivity index (χ4v) is 9.96. The average molecular weight is 613 g/mol. The largest absolute Gasteiger partial charge is 0.334 e. The molecule has 0 aliphatic carbocycles. The first-order valence-electron chi connectivity index (χ1n) is 17.0. The second-order valence-electron chi connectivity index (χ2n) is 13.3. The van der Waals surface area contributed by atoms with E-state index in [0.29, 0.717) is 11.8 Å². The number of unbranched alkanes of at least 4 members (excludes halogenated alkanes) is 1. The number of aromatic nitrogens is 3. The number of pyridine rings is 1. The van der Waals surface area contributed by atoms with Crippen molar-refractivity contribution < 1.29 is 4.57 Å². The molecule has 0 N–H and O–H groups in total. The van der Waals surface area contributed by atoms with Gasteiger partial charge in [-0.25, -0.2) is 4.98 Å². The summed E-state index contributed by atoms with van der Waals surface area (Å²) in [5.41, 5.74) is 8.35. The number of hydrogen-bond donors (Lipinski definition) is 0. The van der Waals surface area contributed by atoms with Crippen LogP contribution in [-0.4, -0.2) is 9.55 Å². The zero-order valence-corrected chi connectivity index (χ0v) is 28.5. The van der Waals surface area contributed by atoms with Gasteiger partial charge in [-0.15, -0.1) is 11.3 Å². The maximum Gasteiger partial charge on any atom is 0.215 e. The summed E-state index contributed by atoms with van der Waals surface area (Å²) in [5.74, 6) is 1.88. The van der Waals surface area contributed by atoms with Gasteiger partial charge in [0, 0.05) is 74.2 Å². The van der Waals surface area contributed by atoms with Crippen LogP contribution in [0.3, 0.4) is 0 Å². The van der Waals surface area contributed by atoms with Gasteiger partial charge in [0.1, 0.15) is 5.82 Å². The number of fused-ring (bicyclic) bond motifs is 7. The lowest BCUT2D eigenvalue weighted by Gasteiger charge is -2.46. The van der Waals surface area contributed by atoms with E-state index in [-0.39, 0.29) is 11.5 Å². The van der Waals surface area contributed by atoms with E-state index in [1.54, 1.807) is 0 Å². The Kier molecular flexibility index (Phi) is 7.90. The van der Waals surface area contributed by atoms with Crippen LogP contribution >= 0.6 is 11.3 Å². The van der Waals surface area contributed by atoms with Crippen molar-refractivity contribution in [3.8, 4) is 22.6 Å². The highest BCUT2D eigenvalue weighted by Crippen LogP contribution is 2.55. The van der Waals surface area contributed by atoms with Crippen LogP contribution in [0.5, 0.6) is 0 Å². The van der Waals surface area contributed by atoms with Crippen LogP contribution in [0.15, 0.2) is 91.4 Å². The third-order valence-electron chi connectivity index (χ3n) is 11.2. The van der Waals surface area contributed by atoms with E-state index in [9.17, 15) is 0 Å². The molecule has 4 heterocycles. The Morgan fingerprint density at radius 2 is 1.78 bits per heavy atom. The third kappa shape index (κ3) is 4.59. The molecule has 0 bridgehead atoms. The van der Waals surface area contributed by atoms with Crippen molar-refractivity contribution in [2.75, 3.05) is 0 Å². The number of imidazole rings is 1. The molecule has 4 unspecified atom stereocenters. The molecule has 0 radical (unpaired) electrons. The maximum absolute atomic E-state index is 4.94. The molecule has 0 spiro atoms. The lowest BCUT2D eigenvalue weighted by molar-refractivity contribution is -0.706. The van der Waals surface area contributed by atoms with Gasteiger partial charge in [0.15, 0.2) is 12.2 Å². The van der Waals surface area contributed by atoms with Crippen LogP contribution in [0, 0.1) is 11.8 Å². The van der Waals surface area contributed by atoms with Crippen LogP contribution in [0.4, 0.5) is 0 Å². The van der Waals surface area contributed by atoms with Gasteiger partial charge in [0.25, 0.3) is 0 Å². The summed E-state index contributed by atoms with van der Waals surface area (Å²) >= 11 is 1.95. The van der Waals surface area contributed by atoms with Crippen LogP contribution in [0.25, 0.3) is 42.8 Å². The molecule has 3 aromatic heterocycles. The van der Waals surface area contributed by atoms with Gasteiger partial charge in [-0.05, 0) is 54.5 Å². The Morgan fingerprint density at radius 1 is 0.956 bits per heavy atom. The Bertz CT molecular complexity index is 2000. The minimum Gasteiger partial charge on any atom is -0.334 e. The molecule has 3 aromatic carbocycles. The summed E-state index contributed by atoms with van der Waals surface area (Å²) in [6.07, 6.45) is 12.1. The van der Waals surface area contributed by atoms with Gasteiger partial charge in [-0.3, -0.25) is 0 Å². The Morgan fingerprint density at radius 3 is 2.53 bits per heavy atom. The minimum absolute atomic E-state index is 0.0686. The lowest BCUT2D eigenvalue weighted by atomic mass is 9.57. The van der Waals surface area contributed by atoms with E-state index in [2.05, 4.69) is 136 Å². The predicted octanol–water partition coefficient (Wildman–Crippen LogP) is 10.7. The van der Waals surface area contributed by atoms with Gasteiger partial charge in [-0.2, -0.15) is 4.57 Å². The molecule has 230 valence electrons. The number of hydrogen-bond acceptors (Lipinski definition) is 2. The molecule has 1 aliphatic heterocycles. The second-order valence-corrected chi connectivity index (χ2v) is 14.3. The highest BCUT2D eigenvalue weighted by molar-refractivity contribution is 7.26. The number of thiophene rings is 1. The molecule has 1 aliphatic rings. The fraction of sp³-hybridized carbons (Fsp3) is 0.366. The van der Waals surface area contributed by atoms with Crippen LogP contribution in [0.1, 0.15) is 83.0 Å². The lowest BCUT2D eigenvalue weighted by Crippen LogP contribution is -2.51. The standard InChI is InChI=1S/C41H46N3S/c1-7-10-15-29-19-22-34(33(26-29)40-42-23-25-43(40)6)41(9-3,27(4)8-2)28(5)38-32-21-20-31-30-16-11-12-18-36(30)45-39(31)37(32)35-17-13-14-24-44(35)38/h11-14,16-28,38H,7-10,15H2,1-6H3/q+1. The molecule has 0 saturated heterocycles. The molecule has 4 heteroatoms. The molecule has 45 heavy (non-hydrogen) atoms. The monoisotopic (exact) mass is 612 g/mol. The van der Waals surface area contributed by atoms with Crippen LogP contribution < -0.4 is 4.57 Å². The van der Waals surface area contributed by atoms with E-state index >= 15 is 0 Å². The highest BCUT2D eigenvalue weighted by atomic mass is 32.1. The van der Waals surface area contributed by atoms with E-state index in [1.165, 1.54) is 66.5 Å². The SMILES string of the molecule is CCCCc1ccc(C(CC)(C(C)CC)C(C)C2c3ccc4c(sc5ccccc54)c3-c3cccc[n+]32)c(-c2nccn2C)c1. The molecule has 7 rings (SSSR count). The molecular weight excluding hydrogens is 567 g/mol. The maximum atomic E-state index is 4.94. The quantitative estimate of drug-likeness (QED) is 0.141. The van der Waals surface area contributed by atoms with Crippen molar-refractivity contribution in [2.45, 2.75) is 78.2 Å². The first-order valence-corrected chi connectivity index (χ1v) is 17.8. The number of aryl methyl sites for hydroxylation is 2. The summed E-state index contributed by atoms with van der Waals surface area (Å²) in [6.45, 7) is 12.1.